The van der Waals surface area contributed by atoms with E-state index < -0.39 is 11.9 Å². The van der Waals surface area contributed by atoms with E-state index in [1.54, 1.807) is 14.0 Å². The van der Waals surface area contributed by atoms with Gasteiger partial charge in [0.25, 0.3) is 0 Å². The van der Waals surface area contributed by atoms with E-state index in [4.69, 9.17) is 11.6 Å². The Morgan fingerprint density at radius 1 is 1.57 bits per heavy atom. The molecule has 1 rings (SSSR count). The van der Waals surface area contributed by atoms with Gasteiger partial charge in [-0.2, -0.15) is 0 Å². The van der Waals surface area contributed by atoms with E-state index in [-0.39, 0.29) is 5.56 Å². The van der Waals surface area contributed by atoms with E-state index in [0.717, 1.165) is 0 Å². The first-order chi connectivity index (χ1) is 6.57. The number of hydrogen-bond donors (Lipinski definition) is 2. The molecular formula is C10H13ClFNO. The zero-order valence-electron chi connectivity index (χ0n) is 8.14. The van der Waals surface area contributed by atoms with Crippen molar-refractivity contribution >= 4 is 11.6 Å². The lowest BCUT2D eigenvalue weighted by Gasteiger charge is -2.15. The summed E-state index contributed by atoms with van der Waals surface area (Å²) in [6.07, 6.45) is -0.862. The molecule has 0 bridgehead atoms. The van der Waals surface area contributed by atoms with Crippen LogP contribution in [-0.2, 0) is 0 Å². The average Bonchev–Trinajstić information content (AvgIpc) is 2.13. The first-order valence-corrected chi connectivity index (χ1v) is 4.73. The van der Waals surface area contributed by atoms with Crippen LogP contribution in [0.1, 0.15) is 17.2 Å². The third-order valence-electron chi connectivity index (χ3n) is 2.13. The number of aliphatic hydroxyl groups excluding tert-OH is 1. The molecule has 0 aliphatic rings. The summed E-state index contributed by atoms with van der Waals surface area (Å²) in [6.45, 7) is 2.00. The van der Waals surface area contributed by atoms with Crippen molar-refractivity contribution in [3.63, 3.8) is 0 Å². The van der Waals surface area contributed by atoms with E-state index in [0.29, 0.717) is 17.1 Å². The first-order valence-electron chi connectivity index (χ1n) is 4.35. The predicted octanol–water partition coefficient (Wildman–Crippen LogP) is 2.04. The molecule has 0 saturated heterocycles. The van der Waals surface area contributed by atoms with Gasteiger partial charge in [0.05, 0.1) is 6.10 Å². The molecule has 1 unspecified atom stereocenters. The maximum atomic E-state index is 13.4. The quantitative estimate of drug-likeness (QED) is 0.812. The fraction of sp³-hybridized carbons (Fsp3) is 0.400. The largest absolute Gasteiger partial charge is 0.387 e. The summed E-state index contributed by atoms with van der Waals surface area (Å²) in [5, 5.41) is 12.9. The highest BCUT2D eigenvalue weighted by Crippen LogP contribution is 2.26. The Morgan fingerprint density at radius 2 is 2.21 bits per heavy atom. The van der Waals surface area contributed by atoms with Gasteiger partial charge in [0, 0.05) is 17.1 Å². The summed E-state index contributed by atoms with van der Waals surface area (Å²) >= 11 is 5.83. The van der Waals surface area contributed by atoms with Crippen molar-refractivity contribution in [3.8, 4) is 0 Å². The van der Waals surface area contributed by atoms with Gasteiger partial charge >= 0.3 is 0 Å². The van der Waals surface area contributed by atoms with Gasteiger partial charge in [0.1, 0.15) is 5.82 Å². The van der Waals surface area contributed by atoms with Crippen LogP contribution in [-0.4, -0.2) is 18.7 Å². The van der Waals surface area contributed by atoms with Crippen LogP contribution in [0.25, 0.3) is 0 Å². The minimum Gasteiger partial charge on any atom is -0.387 e. The molecule has 0 saturated carbocycles. The van der Waals surface area contributed by atoms with Crippen LogP contribution in [0.3, 0.4) is 0 Å². The molecule has 4 heteroatoms. The Hall–Kier alpha value is -0.640. The van der Waals surface area contributed by atoms with Crippen LogP contribution in [0.5, 0.6) is 0 Å². The first kappa shape index (κ1) is 11.4. The fourth-order valence-corrected chi connectivity index (χ4v) is 1.54. The highest BCUT2D eigenvalue weighted by molar-refractivity contribution is 6.31. The molecule has 1 atom stereocenters. The number of likely N-dealkylation sites (N-methyl/N-ethyl adjacent to an activating group) is 1. The van der Waals surface area contributed by atoms with E-state index >= 15 is 0 Å². The maximum Gasteiger partial charge on any atom is 0.129 e. The lowest BCUT2D eigenvalue weighted by atomic mass is 10.0. The van der Waals surface area contributed by atoms with Gasteiger partial charge in [-0.15, -0.1) is 0 Å². The number of benzene rings is 1. The van der Waals surface area contributed by atoms with Crippen LogP contribution in [0.2, 0.25) is 5.02 Å². The second kappa shape index (κ2) is 4.73. The van der Waals surface area contributed by atoms with Gasteiger partial charge in [0.15, 0.2) is 0 Å². The minimum atomic E-state index is -0.862. The summed E-state index contributed by atoms with van der Waals surface area (Å²) in [7, 11) is 1.70. The topological polar surface area (TPSA) is 32.3 Å². The molecule has 0 amide bonds. The lowest BCUT2D eigenvalue weighted by molar-refractivity contribution is 0.172. The average molecular weight is 218 g/mol. The number of aliphatic hydroxyl groups is 1. The van der Waals surface area contributed by atoms with Crippen LogP contribution in [0.4, 0.5) is 4.39 Å². The fourth-order valence-electron chi connectivity index (χ4n) is 1.37. The van der Waals surface area contributed by atoms with Crippen molar-refractivity contribution in [2.45, 2.75) is 13.0 Å². The molecule has 1 aromatic carbocycles. The van der Waals surface area contributed by atoms with Gasteiger partial charge < -0.3 is 10.4 Å². The van der Waals surface area contributed by atoms with Crippen LogP contribution < -0.4 is 5.32 Å². The second-order valence-electron chi connectivity index (χ2n) is 3.14. The van der Waals surface area contributed by atoms with Gasteiger partial charge in [0.2, 0.25) is 0 Å². The summed E-state index contributed by atoms with van der Waals surface area (Å²) in [5.41, 5.74) is 0.862. The van der Waals surface area contributed by atoms with Crippen LogP contribution in [0.15, 0.2) is 12.1 Å². The Bertz CT molecular complexity index is 330. The van der Waals surface area contributed by atoms with E-state index in [1.165, 1.54) is 12.1 Å². The van der Waals surface area contributed by atoms with Crippen molar-refractivity contribution in [1.82, 2.24) is 5.32 Å². The molecule has 0 fully saturated rings. The Kier molecular flexibility index (Phi) is 3.86. The molecule has 2 N–H and O–H groups in total. The Balaban J connectivity index is 3.11. The third kappa shape index (κ3) is 2.23. The molecule has 0 aliphatic heterocycles. The number of hydrogen-bond acceptors (Lipinski definition) is 2. The van der Waals surface area contributed by atoms with Gasteiger partial charge in [-0.1, -0.05) is 11.6 Å². The minimum absolute atomic E-state index is 0.270. The second-order valence-corrected chi connectivity index (χ2v) is 3.55. The highest BCUT2D eigenvalue weighted by atomic mass is 35.5. The Morgan fingerprint density at radius 3 is 2.79 bits per heavy atom. The monoisotopic (exact) mass is 217 g/mol. The molecule has 78 valence electrons. The molecule has 1 aromatic rings. The summed E-state index contributed by atoms with van der Waals surface area (Å²) in [4.78, 5) is 0. The summed E-state index contributed by atoms with van der Waals surface area (Å²) in [6, 6.07) is 2.76. The Labute approximate surface area is 87.7 Å². The van der Waals surface area contributed by atoms with Gasteiger partial charge in [-0.05, 0) is 31.7 Å². The predicted molar refractivity (Wildman–Crippen MR) is 55.0 cm³/mol. The molecule has 0 radical (unpaired) electrons. The standard InChI is InChI=1S/C10H13ClFNO/c1-6-7(11)3-4-8(12)10(6)9(14)5-13-2/h3-4,9,13-14H,5H2,1-2H3. The molecular weight excluding hydrogens is 205 g/mol. The normalized spacial score (nSPS) is 12.9. The van der Waals surface area contributed by atoms with Crippen LogP contribution in [0, 0.1) is 12.7 Å². The van der Waals surface area contributed by atoms with Crippen molar-refractivity contribution in [1.29, 1.82) is 0 Å². The lowest BCUT2D eigenvalue weighted by Crippen LogP contribution is -2.18. The van der Waals surface area contributed by atoms with E-state index in [1.807, 2.05) is 0 Å². The van der Waals surface area contributed by atoms with Crippen molar-refractivity contribution < 1.29 is 9.50 Å². The summed E-state index contributed by atoms with van der Waals surface area (Å²) in [5.74, 6) is -0.422. The summed E-state index contributed by atoms with van der Waals surface area (Å²) < 4.78 is 13.4. The van der Waals surface area contributed by atoms with E-state index in [9.17, 15) is 9.50 Å². The van der Waals surface area contributed by atoms with E-state index in [2.05, 4.69) is 5.32 Å². The molecule has 0 aromatic heterocycles. The van der Waals surface area contributed by atoms with Crippen molar-refractivity contribution in [3.05, 3.63) is 34.1 Å². The molecule has 0 spiro atoms. The van der Waals surface area contributed by atoms with Gasteiger partial charge in [-0.25, -0.2) is 4.39 Å². The third-order valence-corrected chi connectivity index (χ3v) is 2.54. The molecule has 14 heavy (non-hydrogen) atoms. The SMILES string of the molecule is CNCC(O)c1c(F)ccc(Cl)c1C. The van der Waals surface area contributed by atoms with Gasteiger partial charge in [-0.3, -0.25) is 0 Å². The highest BCUT2D eigenvalue weighted by Gasteiger charge is 2.16. The maximum absolute atomic E-state index is 13.4. The zero-order chi connectivity index (χ0) is 10.7. The van der Waals surface area contributed by atoms with Crippen LogP contribution >= 0.6 is 11.6 Å². The smallest absolute Gasteiger partial charge is 0.129 e. The molecule has 0 heterocycles. The number of rotatable bonds is 3. The van der Waals surface area contributed by atoms with Crippen molar-refractivity contribution in [2.24, 2.45) is 0 Å². The number of halogens is 2. The molecule has 0 aliphatic carbocycles. The molecule has 2 nitrogen and oxygen atoms in total. The zero-order valence-corrected chi connectivity index (χ0v) is 8.90. The number of nitrogens with one attached hydrogen (secondary N) is 1. The van der Waals surface area contributed by atoms with Crippen molar-refractivity contribution in [2.75, 3.05) is 13.6 Å².